The molecule has 60 valence electrons. The molecule has 0 aliphatic rings. The number of hydrogen-bond donors (Lipinski definition) is 0. The number of aliphatic imine (C=N–C) groups is 1. The first kappa shape index (κ1) is 9.59. The first-order valence-electron chi connectivity index (χ1n) is 2.93. The van der Waals surface area contributed by atoms with Crippen LogP contribution in [0.25, 0.3) is 0 Å². The maximum Gasteiger partial charge on any atom is 0.335 e. The van der Waals surface area contributed by atoms with Crippen molar-refractivity contribution >= 4 is 12.0 Å². The minimum absolute atomic E-state index is 0.459. The van der Waals surface area contributed by atoms with Crippen molar-refractivity contribution in [3.05, 3.63) is 12.2 Å². The number of nitrogens with zero attached hydrogens (tertiary/aromatic N) is 1. The molecule has 0 aliphatic heterocycles. The summed E-state index contributed by atoms with van der Waals surface area (Å²) in [4.78, 5) is 23.8. The monoisotopic (exact) mass is 155 g/mol. The Morgan fingerprint density at radius 1 is 1.73 bits per heavy atom. The van der Waals surface area contributed by atoms with Crippen LogP contribution in [0.3, 0.4) is 0 Å². The summed E-state index contributed by atoms with van der Waals surface area (Å²) in [7, 11) is 1.22. The highest BCUT2D eigenvalue weighted by molar-refractivity contribution is 5.80. The predicted molar refractivity (Wildman–Crippen MR) is 38.7 cm³/mol. The lowest BCUT2D eigenvalue weighted by Gasteiger charge is -2.05. The maximum absolute atomic E-state index is 10.8. The molecule has 0 aromatic carbocycles. The van der Waals surface area contributed by atoms with E-state index < -0.39 is 12.0 Å². The van der Waals surface area contributed by atoms with Gasteiger partial charge >= 0.3 is 5.97 Å². The fraction of sp³-hybridized carbons (Fsp3) is 0.429. The van der Waals surface area contributed by atoms with Crippen molar-refractivity contribution in [2.24, 2.45) is 4.99 Å². The zero-order valence-electron chi connectivity index (χ0n) is 6.46. The van der Waals surface area contributed by atoms with Crippen LogP contribution in [-0.2, 0) is 14.3 Å². The topological polar surface area (TPSA) is 55.7 Å². The average molecular weight is 155 g/mol. The number of rotatable bonds is 3. The average Bonchev–Trinajstić information content (AvgIpc) is 1.98. The van der Waals surface area contributed by atoms with E-state index in [1.165, 1.54) is 13.2 Å². The van der Waals surface area contributed by atoms with E-state index in [0.717, 1.165) is 0 Å². The number of isocyanates is 1. The zero-order chi connectivity index (χ0) is 8.85. The fourth-order valence-electron chi connectivity index (χ4n) is 0.528. The molecule has 11 heavy (non-hydrogen) atoms. The molecule has 0 aromatic rings. The molecule has 0 aromatic heterocycles. The Bertz CT molecular complexity index is 214. The Labute approximate surface area is 64.6 Å². The van der Waals surface area contributed by atoms with Crippen LogP contribution in [0.4, 0.5) is 0 Å². The summed E-state index contributed by atoms with van der Waals surface area (Å²) in [6.45, 7) is 5.06. The van der Waals surface area contributed by atoms with Gasteiger partial charge in [0.25, 0.3) is 0 Å². The minimum atomic E-state index is -0.905. The zero-order valence-corrected chi connectivity index (χ0v) is 6.46. The number of methoxy groups -OCH3 is 1. The summed E-state index contributed by atoms with van der Waals surface area (Å²) in [6, 6.07) is -0.905. The van der Waals surface area contributed by atoms with E-state index >= 15 is 0 Å². The molecule has 0 saturated carbocycles. The SMILES string of the molecule is C=C(C)[C@H](N=C=O)C(=O)OC. The van der Waals surface area contributed by atoms with Gasteiger partial charge in [-0.2, -0.15) is 4.99 Å². The van der Waals surface area contributed by atoms with Gasteiger partial charge in [0.05, 0.1) is 7.11 Å². The molecule has 0 fully saturated rings. The minimum Gasteiger partial charge on any atom is -0.467 e. The lowest BCUT2D eigenvalue weighted by atomic mass is 10.2. The van der Waals surface area contributed by atoms with Crippen molar-refractivity contribution in [3.63, 3.8) is 0 Å². The molecular formula is C7H9NO3. The van der Waals surface area contributed by atoms with Crippen LogP contribution < -0.4 is 0 Å². The van der Waals surface area contributed by atoms with Crippen LogP contribution in [0.15, 0.2) is 17.1 Å². The van der Waals surface area contributed by atoms with Gasteiger partial charge in [-0.15, -0.1) is 0 Å². The Morgan fingerprint density at radius 2 is 2.27 bits per heavy atom. The summed E-state index contributed by atoms with van der Waals surface area (Å²) in [5, 5.41) is 0. The van der Waals surface area contributed by atoms with E-state index in [1.807, 2.05) is 0 Å². The van der Waals surface area contributed by atoms with Crippen LogP contribution in [0, 0.1) is 0 Å². The summed E-state index contributed by atoms with van der Waals surface area (Å²) in [6.07, 6.45) is 1.28. The van der Waals surface area contributed by atoms with Gasteiger partial charge < -0.3 is 4.74 Å². The van der Waals surface area contributed by atoms with Gasteiger partial charge in [0.2, 0.25) is 6.08 Å². The molecule has 0 bridgehead atoms. The van der Waals surface area contributed by atoms with E-state index in [9.17, 15) is 9.59 Å². The van der Waals surface area contributed by atoms with E-state index in [0.29, 0.717) is 5.57 Å². The first-order valence-corrected chi connectivity index (χ1v) is 2.93. The maximum atomic E-state index is 10.8. The molecule has 0 heterocycles. The van der Waals surface area contributed by atoms with Gasteiger partial charge in [-0.1, -0.05) is 6.58 Å². The van der Waals surface area contributed by atoms with E-state index in [4.69, 9.17) is 0 Å². The number of hydrogen-bond acceptors (Lipinski definition) is 4. The summed E-state index contributed by atoms with van der Waals surface area (Å²) in [5.74, 6) is -0.596. The van der Waals surface area contributed by atoms with Crippen molar-refractivity contribution in [3.8, 4) is 0 Å². The van der Waals surface area contributed by atoms with Gasteiger partial charge in [0.15, 0.2) is 6.04 Å². The molecular weight excluding hydrogens is 146 g/mol. The third-order valence-electron chi connectivity index (χ3n) is 1.07. The highest BCUT2D eigenvalue weighted by Gasteiger charge is 2.17. The van der Waals surface area contributed by atoms with Gasteiger partial charge in [0.1, 0.15) is 0 Å². The molecule has 0 spiro atoms. The fourth-order valence-corrected chi connectivity index (χ4v) is 0.528. The smallest absolute Gasteiger partial charge is 0.335 e. The van der Waals surface area contributed by atoms with E-state index in [2.05, 4.69) is 16.3 Å². The van der Waals surface area contributed by atoms with Crippen molar-refractivity contribution in [1.82, 2.24) is 0 Å². The standard InChI is InChI=1S/C7H9NO3/c1-5(2)6(8-4-9)7(10)11-3/h6H,1H2,2-3H3/t6-/m0/s1. The van der Waals surface area contributed by atoms with Gasteiger partial charge in [0, 0.05) is 0 Å². The molecule has 0 N–H and O–H groups in total. The molecule has 0 unspecified atom stereocenters. The molecule has 0 saturated heterocycles. The second-order valence-corrected chi connectivity index (χ2v) is 1.99. The van der Waals surface area contributed by atoms with Gasteiger partial charge in [-0.25, -0.2) is 9.59 Å². The third kappa shape index (κ3) is 2.78. The molecule has 4 heteroatoms. The van der Waals surface area contributed by atoms with Crippen molar-refractivity contribution in [1.29, 1.82) is 0 Å². The van der Waals surface area contributed by atoms with E-state index in [1.54, 1.807) is 6.92 Å². The second kappa shape index (κ2) is 4.41. The van der Waals surface area contributed by atoms with Crippen molar-refractivity contribution in [2.75, 3.05) is 7.11 Å². The lowest BCUT2D eigenvalue weighted by Crippen LogP contribution is -2.20. The Kier molecular flexibility index (Phi) is 3.85. The van der Waals surface area contributed by atoms with Crippen LogP contribution in [0.1, 0.15) is 6.92 Å². The highest BCUT2D eigenvalue weighted by atomic mass is 16.5. The molecule has 0 aliphatic carbocycles. The van der Waals surface area contributed by atoms with Crippen LogP contribution in [0.5, 0.6) is 0 Å². The van der Waals surface area contributed by atoms with Crippen LogP contribution >= 0.6 is 0 Å². The molecule has 4 nitrogen and oxygen atoms in total. The number of carbonyl (C=O) groups is 1. The first-order chi connectivity index (χ1) is 5.13. The molecule has 0 rings (SSSR count). The van der Waals surface area contributed by atoms with Crippen molar-refractivity contribution in [2.45, 2.75) is 13.0 Å². The predicted octanol–water partition coefficient (Wildman–Crippen LogP) is 0.440. The number of esters is 1. The third-order valence-corrected chi connectivity index (χ3v) is 1.07. The van der Waals surface area contributed by atoms with Crippen LogP contribution in [-0.4, -0.2) is 25.2 Å². The lowest BCUT2D eigenvalue weighted by molar-refractivity contribution is -0.141. The Morgan fingerprint density at radius 3 is 2.55 bits per heavy atom. The van der Waals surface area contributed by atoms with Gasteiger partial charge in [-0.3, -0.25) is 0 Å². The Balaban J connectivity index is 4.46. The second-order valence-electron chi connectivity index (χ2n) is 1.99. The largest absolute Gasteiger partial charge is 0.467 e. The molecule has 0 radical (unpaired) electrons. The number of ether oxygens (including phenoxy) is 1. The summed E-state index contributed by atoms with van der Waals surface area (Å²) >= 11 is 0. The highest BCUT2D eigenvalue weighted by Crippen LogP contribution is 2.03. The molecule has 0 amide bonds. The van der Waals surface area contributed by atoms with Crippen LogP contribution in [0.2, 0.25) is 0 Å². The van der Waals surface area contributed by atoms with Crippen molar-refractivity contribution < 1.29 is 14.3 Å². The van der Waals surface area contributed by atoms with Gasteiger partial charge in [-0.05, 0) is 12.5 Å². The Hall–Kier alpha value is -1.41. The summed E-state index contributed by atoms with van der Waals surface area (Å²) in [5.41, 5.74) is 0.459. The normalized spacial score (nSPS) is 11.1. The van der Waals surface area contributed by atoms with E-state index in [-0.39, 0.29) is 0 Å². The number of carbonyl (C=O) groups excluding carboxylic acids is 2. The summed E-state index contributed by atoms with van der Waals surface area (Å²) < 4.78 is 4.35. The molecule has 1 atom stereocenters. The quantitative estimate of drug-likeness (QED) is 0.257.